The van der Waals surface area contributed by atoms with Crippen molar-refractivity contribution in [2.45, 2.75) is 19.3 Å². The second-order valence-electron chi connectivity index (χ2n) is 2.70. The second-order valence-corrected chi connectivity index (χ2v) is 2.70. The summed E-state index contributed by atoms with van der Waals surface area (Å²) in [6.07, 6.45) is 1.66. The van der Waals surface area contributed by atoms with Crippen molar-refractivity contribution in [3.05, 3.63) is 35.6 Å². The van der Waals surface area contributed by atoms with Gasteiger partial charge in [0.1, 0.15) is 12.1 Å². The van der Waals surface area contributed by atoms with Crippen LogP contribution in [-0.2, 0) is 4.79 Å². The molecular weight excluding hydrogens is 155 g/mol. The van der Waals surface area contributed by atoms with Crippen molar-refractivity contribution in [3.63, 3.8) is 0 Å². The Hall–Kier alpha value is -1.18. The number of rotatable bonds is 3. The van der Waals surface area contributed by atoms with Crippen LogP contribution in [0.3, 0.4) is 0 Å². The van der Waals surface area contributed by atoms with Gasteiger partial charge in [-0.1, -0.05) is 19.1 Å². The Morgan fingerprint density at radius 3 is 2.42 bits per heavy atom. The molecule has 1 rings (SSSR count). The average molecular weight is 166 g/mol. The van der Waals surface area contributed by atoms with Crippen LogP contribution in [0.25, 0.3) is 0 Å². The molecule has 1 atom stereocenters. The maximum Gasteiger partial charge on any atom is 0.127 e. The fourth-order valence-corrected chi connectivity index (χ4v) is 1.12. The van der Waals surface area contributed by atoms with Gasteiger partial charge in [-0.3, -0.25) is 0 Å². The first kappa shape index (κ1) is 8.91. The summed E-state index contributed by atoms with van der Waals surface area (Å²) in [6, 6.07) is 6.05. The van der Waals surface area contributed by atoms with Gasteiger partial charge in [0.15, 0.2) is 0 Å². The van der Waals surface area contributed by atoms with Gasteiger partial charge in [-0.25, -0.2) is 4.39 Å². The molecule has 0 aromatic heterocycles. The minimum Gasteiger partial charge on any atom is -0.303 e. The normalized spacial score (nSPS) is 12.5. The Labute approximate surface area is 71.2 Å². The lowest BCUT2D eigenvalue weighted by Gasteiger charge is -2.06. The number of aldehydes is 1. The second kappa shape index (κ2) is 4.00. The van der Waals surface area contributed by atoms with E-state index in [0.717, 1.165) is 18.3 Å². The Balaban J connectivity index is 2.87. The van der Waals surface area contributed by atoms with Gasteiger partial charge < -0.3 is 4.79 Å². The van der Waals surface area contributed by atoms with Crippen molar-refractivity contribution >= 4 is 6.29 Å². The molecule has 0 heterocycles. The summed E-state index contributed by atoms with van der Waals surface area (Å²) in [6.45, 7) is 1.93. The van der Waals surface area contributed by atoms with Crippen LogP contribution in [0.2, 0.25) is 0 Å². The fourth-order valence-electron chi connectivity index (χ4n) is 1.12. The van der Waals surface area contributed by atoms with E-state index in [1.807, 2.05) is 6.92 Å². The smallest absolute Gasteiger partial charge is 0.127 e. The largest absolute Gasteiger partial charge is 0.303 e. The minimum atomic E-state index is -0.264. The van der Waals surface area contributed by atoms with Gasteiger partial charge in [-0.15, -0.1) is 0 Å². The molecule has 0 spiro atoms. The number of hydrogen-bond donors (Lipinski definition) is 0. The average Bonchev–Trinajstić information content (AvgIpc) is 2.10. The molecule has 12 heavy (non-hydrogen) atoms. The van der Waals surface area contributed by atoms with Crippen LogP contribution in [0.15, 0.2) is 24.3 Å². The Kier molecular flexibility index (Phi) is 2.97. The molecule has 0 unspecified atom stereocenters. The van der Waals surface area contributed by atoms with Gasteiger partial charge in [0.25, 0.3) is 0 Å². The SMILES string of the molecule is CC[C@@H](C=O)c1ccc(F)cc1. The molecule has 1 aromatic carbocycles. The summed E-state index contributed by atoms with van der Waals surface area (Å²) in [7, 11) is 0. The zero-order chi connectivity index (χ0) is 8.97. The quantitative estimate of drug-likeness (QED) is 0.630. The highest BCUT2D eigenvalue weighted by Gasteiger charge is 2.06. The first-order valence-electron chi connectivity index (χ1n) is 3.98. The van der Waals surface area contributed by atoms with Crippen LogP contribution < -0.4 is 0 Å². The molecule has 0 radical (unpaired) electrons. The van der Waals surface area contributed by atoms with Crippen molar-refractivity contribution in [1.29, 1.82) is 0 Å². The van der Waals surface area contributed by atoms with E-state index in [1.54, 1.807) is 12.1 Å². The van der Waals surface area contributed by atoms with E-state index in [4.69, 9.17) is 0 Å². The number of hydrogen-bond acceptors (Lipinski definition) is 1. The summed E-state index contributed by atoms with van der Waals surface area (Å²) < 4.78 is 12.5. The van der Waals surface area contributed by atoms with Crippen LogP contribution >= 0.6 is 0 Å². The zero-order valence-electron chi connectivity index (χ0n) is 6.96. The van der Waals surface area contributed by atoms with Gasteiger partial charge in [-0.05, 0) is 24.1 Å². The molecule has 0 amide bonds. The Morgan fingerprint density at radius 1 is 1.42 bits per heavy atom. The molecule has 2 heteroatoms. The summed E-state index contributed by atoms with van der Waals surface area (Å²) >= 11 is 0. The molecule has 1 nitrogen and oxygen atoms in total. The van der Waals surface area contributed by atoms with E-state index >= 15 is 0 Å². The van der Waals surface area contributed by atoms with Crippen molar-refractivity contribution < 1.29 is 9.18 Å². The fraction of sp³-hybridized carbons (Fsp3) is 0.300. The molecule has 0 bridgehead atoms. The van der Waals surface area contributed by atoms with Gasteiger partial charge >= 0.3 is 0 Å². The Morgan fingerprint density at radius 2 is 2.00 bits per heavy atom. The predicted octanol–water partition coefficient (Wildman–Crippen LogP) is 2.52. The van der Waals surface area contributed by atoms with Crippen molar-refractivity contribution in [2.75, 3.05) is 0 Å². The third-order valence-electron chi connectivity index (χ3n) is 1.90. The van der Waals surface area contributed by atoms with Crippen molar-refractivity contribution in [2.24, 2.45) is 0 Å². The number of carbonyl (C=O) groups is 1. The molecular formula is C10H11FO. The number of halogens is 1. The lowest BCUT2D eigenvalue weighted by Crippen LogP contribution is -1.97. The molecule has 0 saturated heterocycles. The standard InChI is InChI=1S/C10H11FO/c1-2-8(7-12)9-3-5-10(11)6-4-9/h3-8H,2H2,1H3/t8-/m0/s1. The van der Waals surface area contributed by atoms with E-state index in [1.165, 1.54) is 12.1 Å². The third-order valence-corrected chi connectivity index (χ3v) is 1.90. The van der Waals surface area contributed by atoms with E-state index in [0.29, 0.717) is 0 Å². The predicted molar refractivity (Wildman–Crippen MR) is 45.5 cm³/mol. The van der Waals surface area contributed by atoms with Gasteiger partial charge in [0.05, 0.1) is 0 Å². The van der Waals surface area contributed by atoms with Gasteiger partial charge in [-0.2, -0.15) is 0 Å². The molecule has 0 aliphatic heterocycles. The molecule has 1 aromatic rings. The minimum absolute atomic E-state index is 0.0920. The van der Waals surface area contributed by atoms with Crippen LogP contribution in [0.4, 0.5) is 4.39 Å². The Bertz CT molecular complexity index is 253. The van der Waals surface area contributed by atoms with Crippen molar-refractivity contribution in [3.8, 4) is 0 Å². The summed E-state index contributed by atoms with van der Waals surface area (Å²) in [4.78, 5) is 10.5. The molecule has 0 saturated carbocycles. The van der Waals surface area contributed by atoms with E-state index in [9.17, 15) is 9.18 Å². The lowest BCUT2D eigenvalue weighted by molar-refractivity contribution is -0.109. The first-order chi connectivity index (χ1) is 5.77. The maximum atomic E-state index is 12.5. The molecule has 64 valence electrons. The topological polar surface area (TPSA) is 17.1 Å². The van der Waals surface area contributed by atoms with Gasteiger partial charge in [0, 0.05) is 5.92 Å². The lowest BCUT2D eigenvalue weighted by atomic mass is 9.98. The first-order valence-corrected chi connectivity index (χ1v) is 3.98. The highest BCUT2D eigenvalue weighted by atomic mass is 19.1. The van der Waals surface area contributed by atoms with Crippen LogP contribution in [0.1, 0.15) is 24.8 Å². The summed E-state index contributed by atoms with van der Waals surface area (Å²) in [5.74, 6) is -0.356. The van der Waals surface area contributed by atoms with Crippen molar-refractivity contribution in [1.82, 2.24) is 0 Å². The molecule has 0 N–H and O–H groups in total. The molecule has 0 aliphatic carbocycles. The van der Waals surface area contributed by atoms with E-state index in [-0.39, 0.29) is 11.7 Å². The number of benzene rings is 1. The molecule has 0 aliphatic rings. The van der Waals surface area contributed by atoms with Gasteiger partial charge in [0.2, 0.25) is 0 Å². The highest BCUT2D eigenvalue weighted by Crippen LogP contribution is 2.16. The summed E-state index contributed by atoms with van der Waals surface area (Å²) in [5.41, 5.74) is 0.883. The summed E-state index contributed by atoms with van der Waals surface area (Å²) in [5, 5.41) is 0. The number of carbonyl (C=O) groups excluding carboxylic acids is 1. The van der Waals surface area contributed by atoms with Crippen LogP contribution in [0.5, 0.6) is 0 Å². The van der Waals surface area contributed by atoms with E-state index < -0.39 is 0 Å². The zero-order valence-corrected chi connectivity index (χ0v) is 6.96. The van der Waals surface area contributed by atoms with Crippen LogP contribution in [0, 0.1) is 5.82 Å². The molecule has 0 fully saturated rings. The van der Waals surface area contributed by atoms with E-state index in [2.05, 4.69) is 0 Å². The monoisotopic (exact) mass is 166 g/mol. The maximum absolute atomic E-state index is 12.5. The van der Waals surface area contributed by atoms with Crippen LogP contribution in [-0.4, -0.2) is 6.29 Å². The highest BCUT2D eigenvalue weighted by molar-refractivity contribution is 5.61. The third kappa shape index (κ3) is 1.91.